The maximum absolute atomic E-state index is 12.1. The van der Waals surface area contributed by atoms with Crippen molar-refractivity contribution in [3.05, 3.63) is 0 Å². The molecule has 0 bridgehead atoms. The molecular formula is C11H23NOS. The molecule has 0 aromatic rings. The highest BCUT2D eigenvalue weighted by Crippen LogP contribution is 2.24. The fourth-order valence-corrected chi connectivity index (χ4v) is 3.92. The van der Waals surface area contributed by atoms with Gasteiger partial charge in [0.25, 0.3) is 0 Å². The van der Waals surface area contributed by atoms with Crippen molar-refractivity contribution < 1.29 is 4.21 Å². The molecule has 0 spiro atoms. The molecule has 1 aliphatic carbocycles. The molecule has 0 radical (unpaired) electrons. The summed E-state index contributed by atoms with van der Waals surface area (Å²) >= 11 is 0. The van der Waals surface area contributed by atoms with Crippen molar-refractivity contribution in [2.75, 3.05) is 7.05 Å². The first-order valence-corrected chi connectivity index (χ1v) is 7.03. The summed E-state index contributed by atoms with van der Waals surface area (Å²) in [7, 11) is 1.40. The third kappa shape index (κ3) is 3.06. The van der Waals surface area contributed by atoms with Crippen molar-refractivity contribution in [3.63, 3.8) is 0 Å². The van der Waals surface area contributed by atoms with Crippen LogP contribution in [0.1, 0.15) is 46.0 Å². The van der Waals surface area contributed by atoms with Crippen LogP contribution in [0.5, 0.6) is 0 Å². The molecule has 1 aliphatic rings. The maximum Gasteiger partial charge on any atom is 0.0365 e. The van der Waals surface area contributed by atoms with Gasteiger partial charge in [-0.1, -0.05) is 20.3 Å². The van der Waals surface area contributed by atoms with E-state index < -0.39 is 10.8 Å². The van der Waals surface area contributed by atoms with Crippen molar-refractivity contribution in [1.29, 1.82) is 0 Å². The van der Waals surface area contributed by atoms with E-state index in [2.05, 4.69) is 19.2 Å². The van der Waals surface area contributed by atoms with Crippen LogP contribution >= 0.6 is 0 Å². The molecule has 0 aromatic heterocycles. The standard InChI is InChI=1S/C11H23NOS/c1-4-9(2)14(13)11-7-5-6-10(8-11)12-3/h9-12H,4-8H2,1-3H3. The molecule has 2 nitrogen and oxygen atoms in total. The second-order valence-corrected chi connectivity index (χ2v) is 6.45. The van der Waals surface area contributed by atoms with Gasteiger partial charge in [0.2, 0.25) is 0 Å². The zero-order valence-electron chi connectivity index (χ0n) is 9.58. The smallest absolute Gasteiger partial charge is 0.0365 e. The topological polar surface area (TPSA) is 29.1 Å². The van der Waals surface area contributed by atoms with Crippen LogP contribution in [0.4, 0.5) is 0 Å². The molecule has 3 heteroatoms. The van der Waals surface area contributed by atoms with Crippen LogP contribution in [0.3, 0.4) is 0 Å². The minimum absolute atomic E-state index is 0.371. The summed E-state index contributed by atoms with van der Waals surface area (Å²) in [5.41, 5.74) is 0. The molecular weight excluding hydrogens is 194 g/mol. The van der Waals surface area contributed by atoms with Crippen molar-refractivity contribution in [3.8, 4) is 0 Å². The van der Waals surface area contributed by atoms with Crippen LogP contribution in [0.15, 0.2) is 0 Å². The number of rotatable bonds is 4. The zero-order chi connectivity index (χ0) is 10.6. The SMILES string of the molecule is CCC(C)S(=O)C1CCCC(NC)C1. The Kier molecular flexibility index (Phi) is 5.10. The average molecular weight is 217 g/mol. The lowest BCUT2D eigenvalue weighted by atomic mass is 9.95. The van der Waals surface area contributed by atoms with Crippen LogP contribution in [0.2, 0.25) is 0 Å². The quantitative estimate of drug-likeness (QED) is 0.781. The fourth-order valence-electron chi connectivity index (χ4n) is 2.11. The van der Waals surface area contributed by atoms with Crippen LogP contribution in [0, 0.1) is 0 Å². The molecule has 4 atom stereocenters. The summed E-state index contributed by atoms with van der Waals surface area (Å²) in [5, 5.41) is 4.12. The maximum atomic E-state index is 12.1. The highest BCUT2D eigenvalue weighted by molar-refractivity contribution is 7.86. The lowest BCUT2D eigenvalue weighted by molar-refractivity contribution is 0.397. The highest BCUT2D eigenvalue weighted by atomic mass is 32.2. The molecule has 4 unspecified atom stereocenters. The molecule has 84 valence electrons. The van der Waals surface area contributed by atoms with Crippen molar-refractivity contribution >= 4 is 10.8 Å². The molecule has 14 heavy (non-hydrogen) atoms. The molecule has 1 rings (SSSR count). The normalized spacial score (nSPS) is 32.5. The van der Waals surface area contributed by atoms with E-state index in [1.165, 1.54) is 12.8 Å². The van der Waals surface area contributed by atoms with Gasteiger partial charge < -0.3 is 5.32 Å². The Bertz CT molecular complexity index is 196. The number of hydrogen-bond acceptors (Lipinski definition) is 2. The second-order valence-electron chi connectivity index (χ2n) is 4.32. The van der Waals surface area contributed by atoms with Gasteiger partial charge in [-0.15, -0.1) is 0 Å². The number of hydrogen-bond donors (Lipinski definition) is 1. The van der Waals surface area contributed by atoms with Crippen LogP contribution < -0.4 is 5.32 Å². The summed E-state index contributed by atoms with van der Waals surface area (Å²) in [5.74, 6) is 0. The van der Waals surface area contributed by atoms with Gasteiger partial charge in [0, 0.05) is 27.3 Å². The average Bonchev–Trinajstić information content (AvgIpc) is 2.27. The van der Waals surface area contributed by atoms with Gasteiger partial charge in [0.15, 0.2) is 0 Å². The largest absolute Gasteiger partial charge is 0.317 e. The van der Waals surface area contributed by atoms with Gasteiger partial charge in [-0.2, -0.15) is 0 Å². The van der Waals surface area contributed by atoms with E-state index in [1.807, 2.05) is 7.05 Å². The first-order valence-electron chi connectivity index (χ1n) is 5.75. The third-order valence-electron chi connectivity index (χ3n) is 3.33. The van der Waals surface area contributed by atoms with E-state index in [1.54, 1.807) is 0 Å². The molecule has 0 aliphatic heterocycles. The Morgan fingerprint density at radius 2 is 2.21 bits per heavy atom. The van der Waals surface area contributed by atoms with Gasteiger partial charge in [-0.3, -0.25) is 4.21 Å². The van der Waals surface area contributed by atoms with Gasteiger partial charge in [0.05, 0.1) is 0 Å². The van der Waals surface area contributed by atoms with E-state index in [9.17, 15) is 4.21 Å². The lowest BCUT2D eigenvalue weighted by Crippen LogP contribution is -2.37. The van der Waals surface area contributed by atoms with Crippen LogP contribution in [0.25, 0.3) is 0 Å². The highest BCUT2D eigenvalue weighted by Gasteiger charge is 2.27. The predicted octanol–water partition coefficient (Wildman–Crippen LogP) is 2.06. The van der Waals surface area contributed by atoms with E-state index in [0.29, 0.717) is 16.5 Å². The van der Waals surface area contributed by atoms with Gasteiger partial charge in [-0.05, 0) is 32.7 Å². The first kappa shape index (κ1) is 12.2. The Morgan fingerprint density at radius 1 is 1.50 bits per heavy atom. The molecule has 1 fully saturated rings. The molecule has 1 saturated carbocycles. The molecule has 0 aromatic carbocycles. The Morgan fingerprint density at radius 3 is 2.79 bits per heavy atom. The van der Waals surface area contributed by atoms with Gasteiger partial charge in [-0.25, -0.2) is 0 Å². The van der Waals surface area contributed by atoms with Crippen molar-refractivity contribution in [2.45, 2.75) is 62.5 Å². The monoisotopic (exact) mass is 217 g/mol. The Hall–Kier alpha value is 0.110. The van der Waals surface area contributed by atoms with Crippen LogP contribution in [-0.4, -0.2) is 27.8 Å². The van der Waals surface area contributed by atoms with E-state index >= 15 is 0 Å². The minimum atomic E-state index is -0.614. The summed E-state index contributed by atoms with van der Waals surface area (Å²) in [4.78, 5) is 0. The van der Waals surface area contributed by atoms with Gasteiger partial charge in [0.1, 0.15) is 0 Å². The summed E-state index contributed by atoms with van der Waals surface area (Å²) < 4.78 is 12.1. The minimum Gasteiger partial charge on any atom is -0.317 e. The summed E-state index contributed by atoms with van der Waals surface area (Å²) in [6.07, 6.45) is 5.79. The second kappa shape index (κ2) is 5.86. The van der Waals surface area contributed by atoms with Crippen molar-refractivity contribution in [1.82, 2.24) is 5.32 Å². The Balaban J connectivity index is 2.47. The van der Waals surface area contributed by atoms with Gasteiger partial charge >= 0.3 is 0 Å². The van der Waals surface area contributed by atoms with E-state index in [-0.39, 0.29) is 0 Å². The summed E-state index contributed by atoms with van der Waals surface area (Å²) in [6.45, 7) is 4.24. The van der Waals surface area contributed by atoms with Crippen LogP contribution in [-0.2, 0) is 10.8 Å². The molecule has 1 N–H and O–H groups in total. The van der Waals surface area contributed by atoms with E-state index in [0.717, 1.165) is 19.3 Å². The zero-order valence-corrected chi connectivity index (χ0v) is 10.4. The summed E-state index contributed by atoms with van der Waals surface area (Å²) in [6, 6.07) is 0.599. The lowest BCUT2D eigenvalue weighted by Gasteiger charge is -2.29. The predicted molar refractivity (Wildman–Crippen MR) is 63.0 cm³/mol. The van der Waals surface area contributed by atoms with E-state index in [4.69, 9.17) is 0 Å². The number of nitrogens with one attached hydrogen (secondary N) is 1. The third-order valence-corrected chi connectivity index (χ3v) is 5.55. The molecule has 0 heterocycles. The fraction of sp³-hybridized carbons (Fsp3) is 1.00. The molecule has 0 amide bonds. The molecule has 0 saturated heterocycles. The Labute approximate surface area is 90.3 Å². The first-order chi connectivity index (χ1) is 6.69. The van der Waals surface area contributed by atoms with Crippen molar-refractivity contribution in [2.24, 2.45) is 0 Å².